The highest BCUT2D eigenvalue weighted by molar-refractivity contribution is 5.05. The Morgan fingerprint density at radius 3 is 2.75 bits per heavy atom. The van der Waals surface area contributed by atoms with Gasteiger partial charge in [0.05, 0.1) is 12.2 Å². The van der Waals surface area contributed by atoms with Crippen molar-refractivity contribution in [2.45, 2.75) is 65.1 Å². The summed E-state index contributed by atoms with van der Waals surface area (Å²) >= 11 is 0. The molecular formula is C15H26O. The molecule has 0 unspecified atom stereocenters. The Morgan fingerprint density at radius 1 is 1.56 bits per heavy atom. The molecule has 1 rings (SSSR count). The van der Waals surface area contributed by atoms with E-state index in [1.165, 1.54) is 18.4 Å². The fourth-order valence-corrected chi connectivity index (χ4v) is 2.57. The van der Waals surface area contributed by atoms with Crippen molar-refractivity contribution in [2.24, 2.45) is 5.41 Å². The number of hydrogen-bond acceptors (Lipinski definition) is 1. The summed E-state index contributed by atoms with van der Waals surface area (Å²) in [6.07, 6.45) is 8.52. The minimum Gasteiger partial charge on any atom is -0.374 e. The van der Waals surface area contributed by atoms with Crippen LogP contribution in [-0.4, -0.2) is 12.2 Å². The Morgan fingerprint density at radius 2 is 2.25 bits per heavy atom. The van der Waals surface area contributed by atoms with Gasteiger partial charge in [0.1, 0.15) is 0 Å². The molecule has 0 aromatic carbocycles. The van der Waals surface area contributed by atoms with Gasteiger partial charge in [-0.2, -0.15) is 0 Å². The van der Waals surface area contributed by atoms with Crippen LogP contribution in [-0.2, 0) is 4.74 Å². The van der Waals surface area contributed by atoms with Crippen LogP contribution in [0.1, 0.15) is 52.9 Å². The summed E-state index contributed by atoms with van der Waals surface area (Å²) in [7, 11) is 0. The minimum atomic E-state index is 0.162. The predicted octanol–water partition coefficient (Wildman–Crippen LogP) is 4.49. The van der Waals surface area contributed by atoms with Gasteiger partial charge in [0.2, 0.25) is 0 Å². The second kappa shape index (κ2) is 5.67. The zero-order valence-corrected chi connectivity index (χ0v) is 11.1. The van der Waals surface area contributed by atoms with E-state index in [0.717, 1.165) is 19.3 Å². The van der Waals surface area contributed by atoms with Gasteiger partial charge in [0.25, 0.3) is 0 Å². The van der Waals surface area contributed by atoms with E-state index in [-0.39, 0.29) is 5.41 Å². The number of rotatable bonds is 6. The molecule has 0 aromatic rings. The number of hydrogen-bond donors (Lipinski definition) is 0. The molecule has 0 N–H and O–H groups in total. The highest BCUT2D eigenvalue weighted by atomic mass is 16.5. The molecule has 0 bridgehead atoms. The molecule has 1 aliphatic heterocycles. The van der Waals surface area contributed by atoms with Gasteiger partial charge in [0, 0.05) is 5.41 Å². The van der Waals surface area contributed by atoms with E-state index >= 15 is 0 Å². The largest absolute Gasteiger partial charge is 0.374 e. The van der Waals surface area contributed by atoms with Crippen LogP contribution >= 0.6 is 0 Å². The quantitative estimate of drug-likeness (QED) is 0.602. The van der Waals surface area contributed by atoms with Gasteiger partial charge in [-0.1, -0.05) is 38.3 Å². The fourth-order valence-electron chi connectivity index (χ4n) is 2.57. The first-order valence-electron chi connectivity index (χ1n) is 6.45. The lowest BCUT2D eigenvalue weighted by atomic mass is 9.79. The Labute approximate surface area is 101 Å². The van der Waals surface area contributed by atoms with Crippen molar-refractivity contribution in [3.63, 3.8) is 0 Å². The molecule has 0 aromatic heterocycles. The van der Waals surface area contributed by atoms with Crippen molar-refractivity contribution in [3.05, 3.63) is 24.8 Å². The average Bonchev–Trinajstić information content (AvgIpc) is 2.52. The molecular weight excluding hydrogens is 196 g/mol. The molecule has 1 fully saturated rings. The summed E-state index contributed by atoms with van der Waals surface area (Å²) in [6.45, 7) is 14.5. The van der Waals surface area contributed by atoms with Gasteiger partial charge in [-0.25, -0.2) is 0 Å². The summed E-state index contributed by atoms with van der Waals surface area (Å²) in [6, 6.07) is 0. The van der Waals surface area contributed by atoms with E-state index in [1.807, 2.05) is 0 Å². The molecule has 1 aliphatic rings. The fraction of sp³-hybridized carbons (Fsp3) is 0.733. The van der Waals surface area contributed by atoms with E-state index in [2.05, 4.69) is 40.0 Å². The van der Waals surface area contributed by atoms with Crippen LogP contribution in [0.3, 0.4) is 0 Å². The maximum Gasteiger partial charge on any atom is 0.0667 e. The highest BCUT2D eigenvalue weighted by Crippen LogP contribution is 2.43. The molecule has 0 amide bonds. The smallest absolute Gasteiger partial charge is 0.0667 e. The monoisotopic (exact) mass is 222 g/mol. The Kier molecular flexibility index (Phi) is 4.79. The maximum atomic E-state index is 6.15. The predicted molar refractivity (Wildman–Crippen MR) is 70.5 cm³/mol. The molecule has 0 aliphatic carbocycles. The second-order valence-electron chi connectivity index (χ2n) is 5.46. The average molecular weight is 222 g/mol. The van der Waals surface area contributed by atoms with Crippen LogP contribution in [0.4, 0.5) is 0 Å². The lowest BCUT2D eigenvalue weighted by Gasteiger charge is -2.25. The van der Waals surface area contributed by atoms with E-state index in [9.17, 15) is 0 Å². The molecule has 0 radical (unpaired) electrons. The minimum absolute atomic E-state index is 0.162. The molecule has 0 spiro atoms. The summed E-state index contributed by atoms with van der Waals surface area (Å²) in [5.41, 5.74) is 1.38. The van der Waals surface area contributed by atoms with E-state index in [0.29, 0.717) is 12.2 Å². The van der Waals surface area contributed by atoms with Crippen molar-refractivity contribution in [2.75, 3.05) is 0 Å². The maximum absolute atomic E-state index is 6.15. The van der Waals surface area contributed by atoms with Gasteiger partial charge < -0.3 is 4.74 Å². The zero-order chi connectivity index (χ0) is 12.2. The van der Waals surface area contributed by atoms with Crippen molar-refractivity contribution in [3.8, 4) is 0 Å². The summed E-state index contributed by atoms with van der Waals surface area (Å²) in [5.74, 6) is 0. The van der Waals surface area contributed by atoms with Gasteiger partial charge in [-0.15, -0.1) is 13.2 Å². The van der Waals surface area contributed by atoms with E-state index in [1.54, 1.807) is 0 Å². The third-order valence-corrected chi connectivity index (χ3v) is 3.62. The standard InChI is InChI=1S/C15H26O/c1-6-8-9-14-15(5,7-2)11-13(16-14)10-12(3)4/h7,13-14H,2-3,6,8-11H2,1,4-5H3/t13-,14-,15+/m1/s1. The molecule has 92 valence electrons. The topological polar surface area (TPSA) is 9.23 Å². The molecule has 1 saturated heterocycles. The highest BCUT2D eigenvalue weighted by Gasteiger charge is 2.41. The van der Waals surface area contributed by atoms with Gasteiger partial charge in [0.15, 0.2) is 0 Å². The Balaban J connectivity index is 2.61. The third-order valence-electron chi connectivity index (χ3n) is 3.62. The molecule has 1 heterocycles. The zero-order valence-electron chi connectivity index (χ0n) is 11.1. The normalized spacial score (nSPS) is 33.9. The lowest BCUT2D eigenvalue weighted by molar-refractivity contribution is 0.0195. The molecule has 16 heavy (non-hydrogen) atoms. The van der Waals surface area contributed by atoms with Gasteiger partial charge in [-0.3, -0.25) is 0 Å². The molecule has 0 saturated carbocycles. The summed E-state index contributed by atoms with van der Waals surface area (Å²) in [4.78, 5) is 0. The van der Waals surface area contributed by atoms with Crippen LogP contribution < -0.4 is 0 Å². The summed E-state index contributed by atoms with van der Waals surface area (Å²) in [5, 5.41) is 0. The SMILES string of the molecule is C=C[C@@]1(C)C[C@@H](CC(=C)C)O[C@@H]1CCCC. The Hall–Kier alpha value is -0.560. The first kappa shape index (κ1) is 13.5. The van der Waals surface area contributed by atoms with Crippen LogP contribution in [0, 0.1) is 5.41 Å². The molecule has 1 nitrogen and oxygen atoms in total. The van der Waals surface area contributed by atoms with Crippen molar-refractivity contribution < 1.29 is 4.74 Å². The van der Waals surface area contributed by atoms with Crippen molar-refractivity contribution in [1.82, 2.24) is 0 Å². The lowest BCUT2D eigenvalue weighted by Crippen LogP contribution is -2.25. The van der Waals surface area contributed by atoms with E-state index < -0.39 is 0 Å². The Bertz CT molecular complexity index is 256. The molecule has 3 atom stereocenters. The number of unbranched alkanes of at least 4 members (excludes halogenated alkanes) is 1. The molecule has 1 heteroatoms. The van der Waals surface area contributed by atoms with Crippen LogP contribution in [0.25, 0.3) is 0 Å². The van der Waals surface area contributed by atoms with Gasteiger partial charge in [-0.05, 0) is 26.2 Å². The second-order valence-corrected chi connectivity index (χ2v) is 5.46. The first-order valence-corrected chi connectivity index (χ1v) is 6.45. The first-order chi connectivity index (χ1) is 7.51. The van der Waals surface area contributed by atoms with Gasteiger partial charge >= 0.3 is 0 Å². The van der Waals surface area contributed by atoms with Crippen LogP contribution in [0.2, 0.25) is 0 Å². The summed E-state index contributed by atoms with van der Waals surface area (Å²) < 4.78 is 6.15. The van der Waals surface area contributed by atoms with Crippen LogP contribution in [0.15, 0.2) is 24.8 Å². The van der Waals surface area contributed by atoms with Crippen molar-refractivity contribution in [1.29, 1.82) is 0 Å². The van der Waals surface area contributed by atoms with Crippen LogP contribution in [0.5, 0.6) is 0 Å². The van der Waals surface area contributed by atoms with Crippen molar-refractivity contribution >= 4 is 0 Å². The third kappa shape index (κ3) is 3.21. The number of ether oxygens (including phenoxy) is 1. The van der Waals surface area contributed by atoms with E-state index in [4.69, 9.17) is 4.74 Å².